The maximum Gasteiger partial charge on any atom is 0.407 e. The Bertz CT molecular complexity index is 1300. The van der Waals surface area contributed by atoms with Gasteiger partial charge < -0.3 is 14.8 Å². The molecule has 0 fully saturated rings. The summed E-state index contributed by atoms with van der Waals surface area (Å²) in [6, 6.07) is 16.9. The van der Waals surface area contributed by atoms with Crippen molar-refractivity contribution in [2.24, 2.45) is 0 Å². The van der Waals surface area contributed by atoms with Crippen molar-refractivity contribution in [3.05, 3.63) is 89.6 Å². The Balaban J connectivity index is 1.42. The van der Waals surface area contributed by atoms with Crippen LogP contribution < -0.4 is 5.32 Å². The van der Waals surface area contributed by atoms with Crippen LogP contribution in [0.15, 0.2) is 67.1 Å². The number of fused-ring (bicyclic) bond motifs is 1. The molecule has 2 aromatic heterocycles. The lowest BCUT2D eigenvalue weighted by Gasteiger charge is -2.19. The van der Waals surface area contributed by atoms with E-state index >= 15 is 0 Å². The van der Waals surface area contributed by atoms with Gasteiger partial charge in [0.25, 0.3) is 0 Å². The molecule has 0 atom stereocenters. The van der Waals surface area contributed by atoms with E-state index in [1.54, 1.807) is 37.4 Å². The fourth-order valence-corrected chi connectivity index (χ4v) is 3.62. The van der Waals surface area contributed by atoms with E-state index in [0.717, 1.165) is 23.1 Å². The maximum atomic E-state index is 14.8. The van der Waals surface area contributed by atoms with Crippen LogP contribution in [0.25, 0.3) is 16.8 Å². The third-order valence-corrected chi connectivity index (χ3v) is 5.26. The molecule has 1 amide bonds. The van der Waals surface area contributed by atoms with Gasteiger partial charge in [-0.05, 0) is 50.5 Å². The lowest BCUT2D eigenvalue weighted by Crippen LogP contribution is -2.32. The molecule has 0 radical (unpaired) electrons. The van der Waals surface area contributed by atoms with Crippen LogP contribution in [-0.2, 0) is 29.0 Å². The summed E-state index contributed by atoms with van der Waals surface area (Å²) >= 11 is 0. The van der Waals surface area contributed by atoms with Crippen LogP contribution >= 0.6 is 0 Å². The van der Waals surface area contributed by atoms with Crippen molar-refractivity contribution in [3.63, 3.8) is 0 Å². The number of nitrogens with zero attached hydrogens (tertiary/aromatic N) is 3. The molecule has 2 heterocycles. The van der Waals surface area contributed by atoms with E-state index in [1.165, 1.54) is 12.4 Å². The van der Waals surface area contributed by atoms with Crippen molar-refractivity contribution in [1.82, 2.24) is 19.9 Å². The molecule has 1 N–H and O–H groups in total. The number of aromatic nitrogens is 3. The summed E-state index contributed by atoms with van der Waals surface area (Å²) in [5, 5.41) is 6.87. The zero-order valence-electron chi connectivity index (χ0n) is 20.1. The summed E-state index contributed by atoms with van der Waals surface area (Å²) in [6.45, 7) is 6.48. The van der Waals surface area contributed by atoms with Gasteiger partial charge >= 0.3 is 6.09 Å². The number of rotatable bonds is 8. The lowest BCUT2D eigenvalue weighted by atomic mass is 10.1. The second kappa shape index (κ2) is 10.7. The number of alkyl carbamates (subject to hydrolysis) is 1. The van der Waals surface area contributed by atoms with Crippen molar-refractivity contribution in [2.45, 2.75) is 45.9 Å². The number of carbonyl (C=O) groups is 1. The fraction of sp³-hybridized carbons (Fsp3) is 0.296. The number of carbonyl (C=O) groups excluding carboxylic acids is 1. The summed E-state index contributed by atoms with van der Waals surface area (Å²) in [5.41, 5.74) is 3.96. The SMILES string of the molecule is CC(C)(C)OC(=O)NCc1ccc(-c2ncnn3cc(CCOCc4ccccc4)cc23)cc1F. The molecular weight excluding hydrogens is 447 g/mol. The van der Waals surface area contributed by atoms with Crippen LogP contribution in [0, 0.1) is 5.82 Å². The van der Waals surface area contributed by atoms with Crippen LogP contribution in [-0.4, -0.2) is 32.9 Å². The maximum absolute atomic E-state index is 14.8. The number of halogens is 1. The van der Waals surface area contributed by atoms with Gasteiger partial charge in [-0.15, -0.1) is 0 Å². The predicted molar refractivity (Wildman–Crippen MR) is 131 cm³/mol. The number of hydrogen-bond donors (Lipinski definition) is 1. The molecule has 2 aromatic carbocycles. The largest absolute Gasteiger partial charge is 0.444 e. The molecule has 0 unspecified atom stereocenters. The first kappa shape index (κ1) is 24.3. The van der Waals surface area contributed by atoms with Crippen LogP contribution in [0.1, 0.15) is 37.5 Å². The average Bonchev–Trinajstić information content (AvgIpc) is 3.24. The highest BCUT2D eigenvalue weighted by Crippen LogP contribution is 2.25. The summed E-state index contributed by atoms with van der Waals surface area (Å²) in [4.78, 5) is 16.3. The van der Waals surface area contributed by atoms with E-state index in [9.17, 15) is 9.18 Å². The molecular formula is C27H29FN4O3. The third kappa shape index (κ3) is 6.64. The Morgan fingerprint density at radius 3 is 2.63 bits per heavy atom. The van der Waals surface area contributed by atoms with Crippen molar-refractivity contribution in [3.8, 4) is 11.3 Å². The topological polar surface area (TPSA) is 77.8 Å². The molecule has 0 aliphatic rings. The van der Waals surface area contributed by atoms with Gasteiger partial charge in [-0.3, -0.25) is 0 Å². The predicted octanol–water partition coefficient (Wildman–Crippen LogP) is 5.32. The number of hydrogen-bond acceptors (Lipinski definition) is 5. The van der Waals surface area contributed by atoms with Gasteiger partial charge in [-0.2, -0.15) is 5.10 Å². The van der Waals surface area contributed by atoms with Crippen molar-refractivity contribution >= 4 is 11.6 Å². The summed E-state index contributed by atoms with van der Waals surface area (Å²) < 4.78 is 27.6. The molecule has 182 valence electrons. The quantitative estimate of drug-likeness (QED) is 0.348. The molecule has 7 nitrogen and oxygen atoms in total. The zero-order chi connectivity index (χ0) is 24.8. The molecule has 8 heteroatoms. The highest BCUT2D eigenvalue weighted by atomic mass is 19.1. The second-order valence-electron chi connectivity index (χ2n) is 9.24. The van der Waals surface area contributed by atoms with E-state index in [0.29, 0.717) is 30.0 Å². The first-order valence-electron chi connectivity index (χ1n) is 11.5. The van der Waals surface area contributed by atoms with Crippen LogP contribution in [0.3, 0.4) is 0 Å². The Kier molecular flexibility index (Phi) is 7.41. The van der Waals surface area contributed by atoms with E-state index in [4.69, 9.17) is 9.47 Å². The average molecular weight is 477 g/mol. The minimum Gasteiger partial charge on any atom is -0.444 e. The molecule has 0 bridgehead atoms. The van der Waals surface area contributed by atoms with Crippen molar-refractivity contribution in [2.75, 3.05) is 6.61 Å². The Labute approximate surface area is 203 Å². The normalized spacial score (nSPS) is 11.5. The minimum absolute atomic E-state index is 0.0263. The van der Waals surface area contributed by atoms with E-state index < -0.39 is 17.5 Å². The van der Waals surface area contributed by atoms with Crippen LogP contribution in [0.2, 0.25) is 0 Å². The second-order valence-corrected chi connectivity index (χ2v) is 9.24. The van der Waals surface area contributed by atoms with E-state index in [1.807, 2.05) is 42.6 Å². The number of ether oxygens (including phenoxy) is 2. The molecule has 4 rings (SSSR count). The molecule has 0 saturated carbocycles. The van der Waals surface area contributed by atoms with Gasteiger partial charge in [0.05, 0.1) is 24.4 Å². The van der Waals surface area contributed by atoms with E-state index in [2.05, 4.69) is 15.4 Å². The highest BCUT2D eigenvalue weighted by molar-refractivity contribution is 5.77. The Morgan fingerprint density at radius 2 is 1.89 bits per heavy atom. The standard InChI is InChI=1S/C27H29FN4O3/c1-27(2,3)35-26(33)29-15-22-10-9-21(14-23(22)28)25-24-13-20(16-32(24)31-18-30-25)11-12-34-17-19-7-5-4-6-8-19/h4-10,13-14,16,18H,11-12,15,17H2,1-3H3,(H,29,33). The smallest absolute Gasteiger partial charge is 0.407 e. The van der Waals surface area contributed by atoms with Gasteiger partial charge in [0, 0.05) is 23.9 Å². The lowest BCUT2D eigenvalue weighted by molar-refractivity contribution is 0.0523. The summed E-state index contributed by atoms with van der Waals surface area (Å²) in [5.74, 6) is -0.434. The number of benzene rings is 2. The zero-order valence-corrected chi connectivity index (χ0v) is 20.1. The highest BCUT2D eigenvalue weighted by Gasteiger charge is 2.17. The summed E-state index contributed by atoms with van der Waals surface area (Å²) in [7, 11) is 0. The molecule has 0 aliphatic carbocycles. The first-order valence-corrected chi connectivity index (χ1v) is 11.5. The van der Waals surface area contributed by atoms with Crippen LogP contribution in [0.5, 0.6) is 0 Å². The molecule has 35 heavy (non-hydrogen) atoms. The van der Waals surface area contributed by atoms with Gasteiger partial charge in [0.15, 0.2) is 0 Å². The van der Waals surface area contributed by atoms with Crippen LogP contribution in [0.4, 0.5) is 9.18 Å². The number of nitrogens with one attached hydrogen (secondary N) is 1. The molecule has 0 spiro atoms. The fourth-order valence-electron chi connectivity index (χ4n) is 3.62. The van der Waals surface area contributed by atoms with Crippen molar-refractivity contribution in [1.29, 1.82) is 0 Å². The van der Waals surface area contributed by atoms with Crippen molar-refractivity contribution < 1.29 is 18.7 Å². The first-order chi connectivity index (χ1) is 16.8. The van der Waals surface area contributed by atoms with Gasteiger partial charge in [-0.25, -0.2) is 18.7 Å². The van der Waals surface area contributed by atoms with Gasteiger partial charge in [0.2, 0.25) is 0 Å². The molecule has 0 saturated heterocycles. The van der Waals surface area contributed by atoms with Gasteiger partial charge in [0.1, 0.15) is 17.7 Å². The molecule has 0 aliphatic heterocycles. The van der Waals surface area contributed by atoms with Gasteiger partial charge in [-0.1, -0.05) is 42.5 Å². The Hall–Kier alpha value is -3.78. The third-order valence-electron chi connectivity index (χ3n) is 5.26. The monoisotopic (exact) mass is 476 g/mol. The minimum atomic E-state index is -0.616. The Morgan fingerprint density at radius 1 is 1.09 bits per heavy atom. The molecule has 4 aromatic rings. The van der Waals surface area contributed by atoms with E-state index in [-0.39, 0.29) is 6.54 Å². The number of amides is 1. The summed E-state index contributed by atoms with van der Waals surface area (Å²) in [6.07, 6.45) is 3.52.